The molecule has 3 unspecified atom stereocenters. The number of nitrogens with one attached hydrogen (secondary N) is 2. The molecule has 1 saturated carbocycles. The van der Waals surface area contributed by atoms with Crippen molar-refractivity contribution in [3.05, 3.63) is 0 Å². The standard InChI is InChI=1S/C13H28N4O/c1-10-5-6-12(9-11(10)2)16-13(17-14)15-7-4-8-18-3/h10-12H,4-9,14H2,1-3H3,(H2,15,16,17). The van der Waals surface area contributed by atoms with Crippen molar-refractivity contribution in [2.24, 2.45) is 22.7 Å². The average Bonchev–Trinajstić information content (AvgIpc) is 2.37. The third-order valence-corrected chi connectivity index (χ3v) is 3.85. The lowest BCUT2D eigenvalue weighted by Gasteiger charge is -2.33. The zero-order valence-electron chi connectivity index (χ0n) is 11.9. The molecule has 0 radical (unpaired) electrons. The van der Waals surface area contributed by atoms with Crippen molar-refractivity contribution in [3.63, 3.8) is 0 Å². The summed E-state index contributed by atoms with van der Waals surface area (Å²) in [6.45, 7) is 6.13. The summed E-state index contributed by atoms with van der Waals surface area (Å²) in [5, 5.41) is 3.41. The topological polar surface area (TPSA) is 71.7 Å². The van der Waals surface area contributed by atoms with Crippen molar-refractivity contribution in [1.82, 2.24) is 10.7 Å². The number of hydrogen-bond donors (Lipinski definition) is 3. The Labute approximate surface area is 111 Å². The fourth-order valence-electron chi connectivity index (χ4n) is 2.40. The van der Waals surface area contributed by atoms with E-state index in [2.05, 4.69) is 29.6 Å². The highest BCUT2D eigenvalue weighted by atomic mass is 16.5. The lowest BCUT2D eigenvalue weighted by Crippen LogP contribution is -2.48. The number of aliphatic imine (C=N–C) groups is 1. The molecule has 3 atom stereocenters. The van der Waals surface area contributed by atoms with Crippen LogP contribution in [0.5, 0.6) is 0 Å². The highest BCUT2D eigenvalue weighted by Gasteiger charge is 2.24. The smallest absolute Gasteiger partial charge is 0.205 e. The van der Waals surface area contributed by atoms with Crippen LogP contribution in [0.15, 0.2) is 4.99 Å². The zero-order chi connectivity index (χ0) is 13.4. The van der Waals surface area contributed by atoms with Crippen molar-refractivity contribution in [2.75, 3.05) is 20.3 Å². The van der Waals surface area contributed by atoms with Gasteiger partial charge in [0.25, 0.3) is 0 Å². The molecule has 4 N–H and O–H groups in total. The molecule has 0 aliphatic heterocycles. The van der Waals surface area contributed by atoms with Crippen molar-refractivity contribution < 1.29 is 4.74 Å². The number of nitrogens with two attached hydrogens (primary N) is 1. The van der Waals surface area contributed by atoms with E-state index in [9.17, 15) is 0 Å². The summed E-state index contributed by atoms with van der Waals surface area (Å²) in [5.74, 6) is 7.80. The Morgan fingerprint density at radius 1 is 1.33 bits per heavy atom. The third-order valence-electron chi connectivity index (χ3n) is 3.85. The van der Waals surface area contributed by atoms with Crippen molar-refractivity contribution in [2.45, 2.75) is 45.6 Å². The fraction of sp³-hybridized carbons (Fsp3) is 0.923. The Hall–Kier alpha value is -0.810. The first-order chi connectivity index (χ1) is 8.67. The van der Waals surface area contributed by atoms with Gasteiger partial charge in [-0.1, -0.05) is 13.8 Å². The first-order valence-corrected chi connectivity index (χ1v) is 6.94. The number of rotatable bonds is 5. The maximum Gasteiger partial charge on any atom is 0.205 e. The first kappa shape index (κ1) is 15.2. The summed E-state index contributed by atoms with van der Waals surface area (Å²) in [7, 11) is 1.70. The summed E-state index contributed by atoms with van der Waals surface area (Å²) in [4.78, 5) is 4.41. The number of hydrazine groups is 1. The van der Waals surface area contributed by atoms with Gasteiger partial charge in [0.2, 0.25) is 5.96 Å². The Morgan fingerprint density at radius 2 is 2.11 bits per heavy atom. The van der Waals surface area contributed by atoms with Gasteiger partial charge < -0.3 is 10.1 Å². The minimum absolute atomic E-state index is 0.494. The van der Waals surface area contributed by atoms with E-state index in [-0.39, 0.29) is 0 Å². The van der Waals surface area contributed by atoms with Gasteiger partial charge in [0.1, 0.15) is 0 Å². The summed E-state index contributed by atoms with van der Waals surface area (Å²) in [5.41, 5.74) is 2.65. The van der Waals surface area contributed by atoms with E-state index in [1.807, 2.05) is 0 Å². The molecule has 1 aliphatic carbocycles. The lowest BCUT2D eigenvalue weighted by atomic mass is 9.79. The molecule has 106 valence electrons. The van der Waals surface area contributed by atoms with Gasteiger partial charge in [-0.2, -0.15) is 0 Å². The number of nitrogens with zero attached hydrogens (tertiary/aromatic N) is 1. The van der Waals surface area contributed by atoms with Crippen molar-refractivity contribution >= 4 is 5.96 Å². The number of ether oxygens (including phenoxy) is 1. The molecule has 0 aromatic rings. The largest absolute Gasteiger partial charge is 0.385 e. The zero-order valence-corrected chi connectivity index (χ0v) is 11.9. The number of guanidine groups is 1. The van der Waals surface area contributed by atoms with Crippen LogP contribution in [-0.4, -0.2) is 32.3 Å². The molecular formula is C13H28N4O. The molecule has 1 rings (SSSR count). The van der Waals surface area contributed by atoms with Crippen molar-refractivity contribution in [1.29, 1.82) is 0 Å². The van der Waals surface area contributed by atoms with Gasteiger partial charge in [-0.15, -0.1) is 0 Å². The summed E-state index contributed by atoms with van der Waals surface area (Å²) in [6.07, 6.45) is 4.59. The normalized spacial score (nSPS) is 29.1. The maximum absolute atomic E-state index is 5.49. The van der Waals surface area contributed by atoms with Gasteiger partial charge in [0, 0.05) is 26.3 Å². The minimum Gasteiger partial charge on any atom is -0.385 e. The number of methoxy groups -OCH3 is 1. The van der Waals surface area contributed by atoms with Gasteiger partial charge in [-0.3, -0.25) is 10.4 Å². The van der Waals surface area contributed by atoms with Crippen LogP contribution in [0, 0.1) is 11.8 Å². The molecule has 0 spiro atoms. The van der Waals surface area contributed by atoms with E-state index >= 15 is 0 Å². The van der Waals surface area contributed by atoms with E-state index in [1.165, 1.54) is 19.3 Å². The SMILES string of the molecule is COCCCN=C(NN)NC1CCC(C)C(C)C1. The van der Waals surface area contributed by atoms with Crippen LogP contribution in [0.1, 0.15) is 39.5 Å². The maximum atomic E-state index is 5.49. The van der Waals surface area contributed by atoms with E-state index in [1.54, 1.807) is 7.11 Å². The molecule has 5 nitrogen and oxygen atoms in total. The van der Waals surface area contributed by atoms with Crippen molar-refractivity contribution in [3.8, 4) is 0 Å². The molecule has 0 heterocycles. The van der Waals surface area contributed by atoms with Crippen LogP contribution < -0.4 is 16.6 Å². The van der Waals surface area contributed by atoms with Crippen LogP contribution in [0.2, 0.25) is 0 Å². The Kier molecular flexibility index (Phi) is 7.05. The highest BCUT2D eigenvalue weighted by Crippen LogP contribution is 2.29. The molecule has 0 aromatic carbocycles. The van der Waals surface area contributed by atoms with Gasteiger partial charge in [-0.05, 0) is 37.5 Å². The van der Waals surface area contributed by atoms with E-state index in [0.29, 0.717) is 12.0 Å². The second-order valence-electron chi connectivity index (χ2n) is 5.33. The monoisotopic (exact) mass is 256 g/mol. The summed E-state index contributed by atoms with van der Waals surface area (Å²) in [6, 6.07) is 0.494. The molecule has 5 heteroatoms. The Morgan fingerprint density at radius 3 is 2.72 bits per heavy atom. The molecule has 1 fully saturated rings. The molecule has 0 bridgehead atoms. The quantitative estimate of drug-likeness (QED) is 0.228. The van der Waals surface area contributed by atoms with E-state index in [0.717, 1.165) is 31.4 Å². The van der Waals surface area contributed by atoms with Gasteiger partial charge in [0.15, 0.2) is 0 Å². The lowest BCUT2D eigenvalue weighted by molar-refractivity contribution is 0.197. The fourth-order valence-corrected chi connectivity index (χ4v) is 2.40. The summed E-state index contributed by atoms with van der Waals surface area (Å²) >= 11 is 0. The molecule has 0 saturated heterocycles. The minimum atomic E-state index is 0.494. The van der Waals surface area contributed by atoms with Crippen LogP contribution in [0.25, 0.3) is 0 Å². The van der Waals surface area contributed by atoms with Crippen LogP contribution in [0.4, 0.5) is 0 Å². The van der Waals surface area contributed by atoms with Crippen LogP contribution in [0.3, 0.4) is 0 Å². The average molecular weight is 256 g/mol. The van der Waals surface area contributed by atoms with Gasteiger partial charge >= 0.3 is 0 Å². The predicted octanol–water partition coefficient (Wildman–Crippen LogP) is 1.26. The van der Waals surface area contributed by atoms with E-state index < -0.39 is 0 Å². The predicted molar refractivity (Wildman–Crippen MR) is 75.2 cm³/mol. The molecule has 18 heavy (non-hydrogen) atoms. The van der Waals surface area contributed by atoms with Crippen LogP contribution >= 0.6 is 0 Å². The first-order valence-electron chi connectivity index (χ1n) is 6.94. The number of hydrogen-bond acceptors (Lipinski definition) is 3. The highest BCUT2D eigenvalue weighted by molar-refractivity contribution is 5.79. The second kappa shape index (κ2) is 8.32. The second-order valence-corrected chi connectivity index (χ2v) is 5.33. The Bertz CT molecular complexity index is 257. The molecule has 1 aliphatic rings. The van der Waals surface area contributed by atoms with Gasteiger partial charge in [-0.25, -0.2) is 5.84 Å². The molecular weight excluding hydrogens is 228 g/mol. The van der Waals surface area contributed by atoms with E-state index in [4.69, 9.17) is 10.6 Å². The van der Waals surface area contributed by atoms with Crippen LogP contribution in [-0.2, 0) is 4.74 Å². The molecule has 0 amide bonds. The molecule has 0 aromatic heterocycles. The Balaban J connectivity index is 2.33. The van der Waals surface area contributed by atoms with Gasteiger partial charge in [0.05, 0.1) is 0 Å². The third kappa shape index (κ3) is 5.23. The summed E-state index contributed by atoms with van der Waals surface area (Å²) < 4.78 is 4.99.